The Morgan fingerprint density at radius 1 is 0.535 bits per heavy atom. The normalized spacial score (nSPS) is 12.5. The molecule has 0 amide bonds. The lowest BCUT2D eigenvalue weighted by molar-refractivity contribution is 0.439. The minimum atomic E-state index is -0.219. The predicted octanol–water partition coefficient (Wildman–Crippen LogP) is 7.93. The van der Waals surface area contributed by atoms with Crippen LogP contribution in [0.15, 0.2) is 70.5 Å². The molecule has 9 heteroatoms. The molecule has 8 nitrogen and oxygen atoms in total. The number of aromatic hydroxyl groups is 2. The van der Waals surface area contributed by atoms with Gasteiger partial charge in [0, 0.05) is 20.9 Å². The smallest absolute Gasteiger partial charge is 0.146 e. The van der Waals surface area contributed by atoms with E-state index in [0.29, 0.717) is 11.4 Å². The molecule has 43 heavy (non-hydrogen) atoms. The highest BCUT2D eigenvalue weighted by atomic mass is 32.2. The van der Waals surface area contributed by atoms with Crippen molar-refractivity contribution in [3.8, 4) is 22.9 Å². The highest BCUT2D eigenvalue weighted by Gasteiger charge is 2.24. The molecule has 0 aliphatic rings. The van der Waals surface area contributed by atoms with E-state index in [1.54, 1.807) is 11.8 Å². The Kier molecular flexibility index (Phi) is 6.76. The summed E-state index contributed by atoms with van der Waals surface area (Å²) in [4.78, 5) is 5.04. The van der Waals surface area contributed by atoms with Crippen LogP contribution in [0.1, 0.15) is 63.8 Å². The number of hydrogen-bond acceptors (Lipinski definition) is 7. The first-order valence-electron chi connectivity index (χ1n) is 14.3. The van der Waals surface area contributed by atoms with Gasteiger partial charge in [-0.1, -0.05) is 65.4 Å². The van der Waals surface area contributed by atoms with E-state index >= 15 is 0 Å². The van der Waals surface area contributed by atoms with Crippen LogP contribution in [-0.2, 0) is 10.8 Å². The summed E-state index contributed by atoms with van der Waals surface area (Å²) in [5.74, 6) is 0.394. The summed E-state index contributed by atoms with van der Waals surface area (Å²) < 4.78 is 0. The Morgan fingerprint density at radius 2 is 0.907 bits per heavy atom. The van der Waals surface area contributed by atoms with E-state index < -0.39 is 0 Å². The Morgan fingerprint density at radius 3 is 1.28 bits per heavy atom. The third kappa shape index (κ3) is 5.45. The van der Waals surface area contributed by atoms with Gasteiger partial charge >= 0.3 is 0 Å². The largest absolute Gasteiger partial charge is 0.505 e. The molecule has 0 atom stereocenters. The minimum absolute atomic E-state index is 0.197. The first-order valence-corrected chi connectivity index (χ1v) is 15.1. The molecule has 0 fully saturated rings. The third-order valence-electron chi connectivity index (χ3n) is 7.45. The van der Waals surface area contributed by atoms with Crippen molar-refractivity contribution in [2.45, 2.75) is 76.0 Å². The van der Waals surface area contributed by atoms with E-state index in [-0.39, 0.29) is 22.3 Å². The standard InChI is InChI=1S/C34H36N6O2S/c1-19-13-23(33(3,4)5)31(41)29(15-19)39-35-25-11-9-21(17-27(25)37-39)43-22-10-12-26-28(18-22)38-40(36-26)30-16-20(2)14-24(32(30)42)34(6,7)8/h9-18,41-42H,1-8H3. The summed E-state index contributed by atoms with van der Waals surface area (Å²) in [6.07, 6.45) is 0. The number of phenols is 2. The molecule has 0 saturated heterocycles. The third-order valence-corrected chi connectivity index (χ3v) is 8.43. The molecule has 4 aromatic carbocycles. The maximum absolute atomic E-state index is 11.1. The highest BCUT2D eigenvalue weighted by Crippen LogP contribution is 2.38. The molecule has 0 unspecified atom stereocenters. The van der Waals surface area contributed by atoms with Crippen molar-refractivity contribution in [1.82, 2.24) is 30.0 Å². The molecule has 6 aromatic rings. The van der Waals surface area contributed by atoms with E-state index in [2.05, 4.69) is 51.7 Å². The lowest BCUT2D eigenvalue weighted by Crippen LogP contribution is -2.13. The quantitative estimate of drug-likeness (QED) is 0.214. The maximum atomic E-state index is 11.1. The molecule has 2 N–H and O–H groups in total. The number of rotatable bonds is 4. The SMILES string of the molecule is Cc1cc(-n2nc3ccc(Sc4ccc5nn(-c6cc(C)cc(C(C)(C)C)c6O)nc5c4)cc3n2)c(O)c(C(C)(C)C)c1. The number of aryl methyl sites for hydroxylation is 2. The van der Waals surface area contributed by atoms with Crippen molar-refractivity contribution in [1.29, 1.82) is 0 Å². The first-order chi connectivity index (χ1) is 20.2. The fourth-order valence-electron chi connectivity index (χ4n) is 5.23. The maximum Gasteiger partial charge on any atom is 0.146 e. The van der Waals surface area contributed by atoms with E-state index in [0.717, 1.165) is 54.1 Å². The lowest BCUT2D eigenvalue weighted by atomic mass is 9.85. The van der Waals surface area contributed by atoms with Crippen LogP contribution >= 0.6 is 11.8 Å². The molecule has 0 aliphatic heterocycles. The average molecular weight is 593 g/mol. The van der Waals surface area contributed by atoms with Gasteiger partial charge < -0.3 is 10.2 Å². The molecular formula is C34H36N6O2S. The van der Waals surface area contributed by atoms with E-state index in [4.69, 9.17) is 10.2 Å². The van der Waals surface area contributed by atoms with Gasteiger partial charge in [-0.15, -0.1) is 30.0 Å². The number of aromatic nitrogens is 6. The second-order valence-corrected chi connectivity index (χ2v) is 14.4. The van der Waals surface area contributed by atoms with Crippen LogP contribution in [0, 0.1) is 13.8 Å². The minimum Gasteiger partial charge on any atom is -0.505 e. The fraction of sp³-hybridized carbons (Fsp3) is 0.294. The second-order valence-electron chi connectivity index (χ2n) is 13.2. The zero-order chi connectivity index (χ0) is 30.8. The Labute approximate surface area is 255 Å². The predicted molar refractivity (Wildman–Crippen MR) is 172 cm³/mol. The van der Waals surface area contributed by atoms with Gasteiger partial charge in [0.1, 0.15) is 44.9 Å². The van der Waals surface area contributed by atoms with Gasteiger partial charge in [0.25, 0.3) is 0 Å². The van der Waals surface area contributed by atoms with Gasteiger partial charge in [-0.3, -0.25) is 0 Å². The van der Waals surface area contributed by atoms with Crippen LogP contribution in [0.5, 0.6) is 11.5 Å². The Hall–Kier alpha value is -4.37. The summed E-state index contributed by atoms with van der Waals surface area (Å²) in [7, 11) is 0. The van der Waals surface area contributed by atoms with Crippen molar-refractivity contribution in [3.63, 3.8) is 0 Å². The van der Waals surface area contributed by atoms with E-state index in [9.17, 15) is 10.2 Å². The van der Waals surface area contributed by atoms with Crippen LogP contribution in [0.2, 0.25) is 0 Å². The average Bonchev–Trinajstić information content (AvgIpc) is 3.53. The van der Waals surface area contributed by atoms with Gasteiger partial charge in [0.05, 0.1) is 0 Å². The van der Waals surface area contributed by atoms with Crippen LogP contribution in [0.25, 0.3) is 33.4 Å². The summed E-state index contributed by atoms with van der Waals surface area (Å²) in [6.45, 7) is 16.5. The van der Waals surface area contributed by atoms with Crippen LogP contribution < -0.4 is 0 Å². The van der Waals surface area contributed by atoms with Gasteiger partial charge in [-0.05, 0) is 84.3 Å². The van der Waals surface area contributed by atoms with Crippen molar-refractivity contribution >= 4 is 33.8 Å². The van der Waals surface area contributed by atoms with Crippen LogP contribution in [-0.4, -0.2) is 40.2 Å². The number of benzene rings is 4. The monoisotopic (exact) mass is 592 g/mol. The Balaban J connectivity index is 1.31. The molecule has 0 radical (unpaired) electrons. The molecule has 0 spiro atoms. The summed E-state index contributed by atoms with van der Waals surface area (Å²) in [6, 6.07) is 19.8. The zero-order valence-electron chi connectivity index (χ0n) is 25.8. The molecule has 0 aliphatic carbocycles. The van der Waals surface area contributed by atoms with Crippen LogP contribution in [0.3, 0.4) is 0 Å². The highest BCUT2D eigenvalue weighted by molar-refractivity contribution is 7.99. The van der Waals surface area contributed by atoms with Gasteiger partial charge in [0.15, 0.2) is 0 Å². The van der Waals surface area contributed by atoms with E-state index in [1.807, 2.05) is 74.5 Å². The topological polar surface area (TPSA) is 102 Å². The fourth-order valence-corrected chi connectivity index (χ4v) is 6.12. The molecule has 2 aromatic heterocycles. The second kappa shape index (κ2) is 10.1. The van der Waals surface area contributed by atoms with Crippen molar-refractivity contribution < 1.29 is 10.2 Å². The molecule has 0 bridgehead atoms. The number of nitrogens with zero attached hydrogens (tertiary/aromatic N) is 6. The summed E-state index contributed by atoms with van der Waals surface area (Å²) in [5, 5.41) is 40.9. The summed E-state index contributed by atoms with van der Waals surface area (Å²) in [5.41, 5.74) is 7.45. The van der Waals surface area contributed by atoms with Gasteiger partial charge in [-0.25, -0.2) is 0 Å². The number of hydrogen-bond donors (Lipinski definition) is 2. The van der Waals surface area contributed by atoms with Gasteiger partial charge in [-0.2, -0.15) is 0 Å². The molecular weight excluding hydrogens is 556 g/mol. The molecule has 2 heterocycles. The number of phenolic OH excluding ortho intramolecular Hbond substituents is 2. The Bertz CT molecular complexity index is 1880. The molecule has 6 rings (SSSR count). The summed E-state index contributed by atoms with van der Waals surface area (Å²) >= 11 is 1.60. The molecule has 220 valence electrons. The van der Waals surface area contributed by atoms with Crippen molar-refractivity contribution in [3.05, 3.63) is 82.9 Å². The lowest BCUT2D eigenvalue weighted by Gasteiger charge is -2.22. The first kappa shape index (κ1) is 28.7. The van der Waals surface area contributed by atoms with E-state index in [1.165, 1.54) is 9.59 Å². The van der Waals surface area contributed by atoms with Crippen molar-refractivity contribution in [2.24, 2.45) is 0 Å². The number of fused-ring (bicyclic) bond motifs is 2. The molecule has 0 saturated carbocycles. The van der Waals surface area contributed by atoms with Crippen LogP contribution in [0.4, 0.5) is 0 Å². The zero-order valence-corrected chi connectivity index (χ0v) is 26.6. The van der Waals surface area contributed by atoms with Crippen molar-refractivity contribution in [2.75, 3.05) is 0 Å². The van der Waals surface area contributed by atoms with Gasteiger partial charge in [0.2, 0.25) is 0 Å².